The van der Waals surface area contributed by atoms with Crippen LogP contribution in [0, 0.1) is 3.57 Å². The number of nitrogens with one attached hydrogen (secondary N) is 7. The Kier molecular flexibility index (Phi) is 31.8. The lowest BCUT2D eigenvalue weighted by atomic mass is 10.0. The quantitative estimate of drug-likeness (QED) is 0.00489. The standard InChI is InChI=1S/C64H85IN20O13/c1-98-41-23-18-38(19-24-41)33-47(76-54(89)15-5-11-36-16-21-40(22-17-36)83-84-73)58(93)81-48(32-37-9-3-2-4-10-37)59(94)77-44(25-27-52(66)87)57(92)82-49(35-53(67)88)60(95)79-45(13-7-29-75-64(71)72)62(97)85-30-8-14-50(85)61(96)78-43(12-6-28-74-63(69)70)56(91)80-46(55(68)90)34-39-20-26-51(86)42(65)31-39/h2-4,9-10,16-24,26,31,43-50,86H,5-8,11-15,25,27-30,32-35H2,1H3,(H2,66,87)(H2,67,88)(H2,68,90)(H,76,89)(H,77,94)(H,78,96)(H,79,95)(H,80,91)(H,81,93)(H,82,92)(H4,69,70,74)(H4,71,72,75)/t43-,44-,45-,46-,47+,48-,49-,50-/m0/s1. The molecule has 98 heavy (non-hydrogen) atoms. The normalized spacial score (nSPS) is 14.5. The molecule has 5 rings (SSSR count). The van der Waals surface area contributed by atoms with Gasteiger partial charge in [-0.2, -0.15) is 0 Å². The van der Waals surface area contributed by atoms with Crippen molar-refractivity contribution in [1.29, 1.82) is 0 Å². The van der Waals surface area contributed by atoms with E-state index < -0.39 is 133 Å². The van der Waals surface area contributed by atoms with Crippen LogP contribution in [0.4, 0.5) is 5.69 Å². The van der Waals surface area contributed by atoms with Crippen molar-refractivity contribution < 1.29 is 62.6 Å². The molecule has 0 radical (unpaired) electrons. The highest BCUT2D eigenvalue weighted by Gasteiger charge is 2.41. The number of rotatable bonds is 40. The molecule has 0 aromatic heterocycles. The van der Waals surface area contributed by atoms with Gasteiger partial charge in [0.05, 0.1) is 17.1 Å². The molecule has 8 atom stereocenters. The number of aliphatic imine (C=N–C) groups is 2. The van der Waals surface area contributed by atoms with Crippen molar-refractivity contribution in [2.45, 2.75) is 145 Å². The fourth-order valence-electron chi connectivity index (χ4n) is 10.5. The summed E-state index contributed by atoms with van der Waals surface area (Å²) in [5.41, 5.74) is 50.9. The Morgan fingerprint density at radius 3 is 1.66 bits per heavy atom. The van der Waals surface area contributed by atoms with Crippen molar-refractivity contribution >= 4 is 105 Å². The maximum atomic E-state index is 14.8. The Balaban J connectivity index is 1.38. The number of likely N-dealkylation sites (tertiary alicyclic amines) is 1. The minimum atomic E-state index is -1.87. The largest absolute Gasteiger partial charge is 0.507 e. The van der Waals surface area contributed by atoms with Gasteiger partial charge >= 0.3 is 0 Å². The number of hydrogen-bond acceptors (Lipinski definition) is 16. The molecule has 526 valence electrons. The smallest absolute Gasteiger partial charge is 0.245 e. The predicted molar refractivity (Wildman–Crippen MR) is 369 cm³/mol. The predicted octanol–water partition coefficient (Wildman–Crippen LogP) is -0.884. The van der Waals surface area contributed by atoms with Crippen LogP contribution in [0.1, 0.15) is 92.9 Å². The zero-order valence-electron chi connectivity index (χ0n) is 54.0. The molecule has 22 N–H and O–H groups in total. The highest BCUT2D eigenvalue weighted by molar-refractivity contribution is 14.1. The maximum absolute atomic E-state index is 14.8. The van der Waals surface area contributed by atoms with E-state index in [1.54, 1.807) is 91.0 Å². The van der Waals surface area contributed by atoms with E-state index in [0.29, 0.717) is 44.5 Å². The Bertz CT molecular complexity index is 3550. The van der Waals surface area contributed by atoms with Crippen molar-refractivity contribution in [3.8, 4) is 11.5 Å². The number of carbonyl (C=O) groups is 11. The number of nitrogens with two attached hydrogens (primary N) is 7. The summed E-state index contributed by atoms with van der Waals surface area (Å²) < 4.78 is 5.78. The first kappa shape index (κ1) is 77.9. The number of phenols is 1. The number of amides is 11. The first-order valence-corrected chi connectivity index (χ1v) is 32.5. The van der Waals surface area contributed by atoms with Crippen LogP contribution >= 0.6 is 22.6 Å². The van der Waals surface area contributed by atoms with E-state index >= 15 is 0 Å². The number of primary amides is 3. The number of methoxy groups -OCH3 is 1. The molecule has 33 nitrogen and oxygen atoms in total. The number of nitrogens with zero attached hydrogens (tertiary/aromatic N) is 6. The van der Waals surface area contributed by atoms with E-state index in [1.807, 2.05) is 22.6 Å². The van der Waals surface area contributed by atoms with E-state index in [2.05, 4.69) is 57.2 Å². The van der Waals surface area contributed by atoms with Crippen LogP contribution in [0.5, 0.6) is 11.5 Å². The fourth-order valence-corrected chi connectivity index (χ4v) is 11.1. The van der Waals surface area contributed by atoms with Crippen LogP contribution in [0.25, 0.3) is 10.4 Å². The van der Waals surface area contributed by atoms with Crippen molar-refractivity contribution in [3.63, 3.8) is 0 Å². The molecule has 34 heteroatoms. The second-order valence-electron chi connectivity index (χ2n) is 23.1. The van der Waals surface area contributed by atoms with Gasteiger partial charge in [-0.25, -0.2) is 0 Å². The van der Waals surface area contributed by atoms with Crippen LogP contribution in [-0.4, -0.2) is 162 Å². The molecule has 11 amide bonds. The van der Waals surface area contributed by atoms with Gasteiger partial charge in [0, 0.05) is 62.3 Å². The van der Waals surface area contributed by atoms with Crippen molar-refractivity contribution in [1.82, 2.24) is 42.1 Å². The molecule has 4 aromatic rings. The number of benzene rings is 4. The fraction of sp³-hybridized carbons (Fsp3) is 0.422. The van der Waals surface area contributed by atoms with Crippen molar-refractivity contribution in [2.75, 3.05) is 26.7 Å². The molecule has 0 spiro atoms. The van der Waals surface area contributed by atoms with E-state index in [-0.39, 0.29) is 102 Å². The van der Waals surface area contributed by atoms with Crippen molar-refractivity contribution in [2.24, 2.45) is 55.2 Å². The van der Waals surface area contributed by atoms with E-state index in [1.165, 1.54) is 18.1 Å². The number of phenolic OH excluding ortho intramolecular Hbond substituents is 1. The van der Waals surface area contributed by atoms with Crippen LogP contribution in [-0.2, 0) is 78.4 Å². The van der Waals surface area contributed by atoms with E-state index in [9.17, 15) is 57.8 Å². The number of azide groups is 1. The number of guanidine groups is 2. The zero-order chi connectivity index (χ0) is 71.8. The molecule has 1 saturated heterocycles. The summed E-state index contributed by atoms with van der Waals surface area (Å²) in [6, 6.07) is 14.8. The van der Waals surface area contributed by atoms with Crippen LogP contribution in [0.15, 0.2) is 112 Å². The molecule has 0 unspecified atom stereocenters. The monoisotopic (exact) mass is 1470 g/mol. The third-order valence-electron chi connectivity index (χ3n) is 15.6. The van der Waals surface area contributed by atoms with Gasteiger partial charge in [-0.15, -0.1) is 0 Å². The molecular weight excluding hydrogens is 1380 g/mol. The van der Waals surface area contributed by atoms with E-state index in [4.69, 9.17) is 50.4 Å². The highest BCUT2D eigenvalue weighted by Crippen LogP contribution is 2.24. The highest BCUT2D eigenvalue weighted by atomic mass is 127. The van der Waals surface area contributed by atoms with Gasteiger partial charge in [0.1, 0.15) is 59.8 Å². The maximum Gasteiger partial charge on any atom is 0.245 e. The summed E-state index contributed by atoms with van der Waals surface area (Å²) in [6.07, 6.45) is -1.08. The lowest BCUT2D eigenvalue weighted by Gasteiger charge is -2.31. The summed E-state index contributed by atoms with van der Waals surface area (Å²) >= 11 is 1.90. The minimum absolute atomic E-state index is 0.00545. The second kappa shape index (κ2) is 39.9. The molecule has 0 bridgehead atoms. The summed E-state index contributed by atoms with van der Waals surface area (Å²) in [5.74, 6) is -9.85. The van der Waals surface area contributed by atoms with Gasteiger partial charge in [-0.3, -0.25) is 62.7 Å². The van der Waals surface area contributed by atoms with Gasteiger partial charge < -0.3 is 92.1 Å². The molecule has 0 aliphatic carbocycles. The first-order valence-electron chi connectivity index (χ1n) is 31.4. The van der Waals surface area contributed by atoms with Crippen LogP contribution in [0.2, 0.25) is 0 Å². The lowest BCUT2D eigenvalue weighted by molar-refractivity contribution is -0.143. The molecule has 1 aliphatic rings. The van der Waals surface area contributed by atoms with E-state index in [0.717, 1.165) is 5.56 Å². The Labute approximate surface area is 578 Å². The number of halogens is 1. The van der Waals surface area contributed by atoms with Gasteiger partial charge in [0.15, 0.2) is 11.9 Å². The Hall–Kier alpha value is -10.8. The summed E-state index contributed by atoms with van der Waals surface area (Å²) in [5, 5.41) is 32.0. The van der Waals surface area contributed by atoms with Gasteiger partial charge in [0.25, 0.3) is 0 Å². The molecule has 1 heterocycles. The Morgan fingerprint density at radius 2 is 1.09 bits per heavy atom. The van der Waals surface area contributed by atoms with Crippen molar-refractivity contribution in [3.05, 3.63) is 133 Å². The average Bonchev–Trinajstić information content (AvgIpc) is 1.57. The Morgan fingerprint density at radius 1 is 0.582 bits per heavy atom. The number of carbonyl (C=O) groups excluding carboxylic acids is 11. The molecule has 1 aliphatic heterocycles. The number of aryl methyl sites for hydroxylation is 1. The van der Waals surface area contributed by atoms with Crippen LogP contribution < -0.4 is 82.1 Å². The number of aromatic hydroxyl groups is 1. The third-order valence-corrected chi connectivity index (χ3v) is 16.4. The van der Waals surface area contributed by atoms with Gasteiger partial charge in [0.2, 0.25) is 65.0 Å². The number of hydrogen-bond donors (Lipinski definition) is 15. The summed E-state index contributed by atoms with van der Waals surface area (Å²) in [7, 11) is 1.48. The topological polar surface area (TPSA) is 560 Å². The summed E-state index contributed by atoms with van der Waals surface area (Å²) in [6.45, 7) is -0.0370. The SMILES string of the molecule is COc1ccc(C[C@@H](NC(=O)CCCc2ccc(N=[N+]=[N-])cc2)C(=O)N[C@@H](Cc2ccccc2)C(=O)N[C@@H](CCC(N)=O)C(=O)N[C@@H](CC(N)=O)C(=O)N[C@@H](CCCN=C(N)N)C(=O)N2CCC[C@H]2C(=O)N[C@@H](CCCN=C(N)N)C(=O)N[C@@H](Cc2ccc(O)c(I)c2)C(N)=O)cc1. The molecular formula is C64H85IN20O13. The lowest BCUT2D eigenvalue weighted by Crippen LogP contribution is -2.60. The third kappa shape index (κ3) is 26.8. The van der Waals surface area contributed by atoms with Gasteiger partial charge in [-0.05, 0) is 132 Å². The zero-order valence-corrected chi connectivity index (χ0v) is 56.2. The van der Waals surface area contributed by atoms with Crippen LogP contribution in [0.3, 0.4) is 0 Å². The second-order valence-corrected chi connectivity index (χ2v) is 24.3. The first-order chi connectivity index (χ1) is 46.7. The molecule has 1 fully saturated rings. The van der Waals surface area contributed by atoms with Gasteiger partial charge in [-0.1, -0.05) is 77.9 Å². The average molecular weight is 1470 g/mol. The molecule has 4 aromatic carbocycles. The molecule has 0 saturated carbocycles. The minimum Gasteiger partial charge on any atom is -0.507 e. The number of ether oxygens (including phenoxy) is 1. The summed E-state index contributed by atoms with van der Waals surface area (Å²) in [4.78, 5) is 165.